The van der Waals surface area contributed by atoms with Crippen molar-refractivity contribution in [3.63, 3.8) is 0 Å². The van der Waals surface area contributed by atoms with Crippen molar-refractivity contribution < 1.29 is 5.11 Å². The number of thioether (sulfide) groups is 1. The van der Waals surface area contributed by atoms with E-state index in [-0.39, 0.29) is 6.61 Å². The van der Waals surface area contributed by atoms with Crippen LogP contribution >= 0.6 is 11.8 Å². The topological polar surface area (TPSA) is 56.7 Å². The smallest absolute Gasteiger partial charge is 0.191 e. The molecule has 1 saturated carbocycles. The number of nitrogens with zero attached hydrogens (tertiary/aromatic N) is 1. The maximum Gasteiger partial charge on any atom is 0.191 e. The van der Waals surface area contributed by atoms with Crippen LogP contribution in [0.1, 0.15) is 52.4 Å². The Labute approximate surface area is 134 Å². The van der Waals surface area contributed by atoms with Crippen LogP contribution in [0.25, 0.3) is 0 Å². The van der Waals surface area contributed by atoms with Crippen LogP contribution in [0.2, 0.25) is 0 Å². The predicted octanol–water partition coefficient (Wildman–Crippen LogP) is 2.62. The van der Waals surface area contributed by atoms with Crippen molar-refractivity contribution in [2.24, 2.45) is 10.9 Å². The number of guanidine groups is 1. The Morgan fingerprint density at radius 1 is 1.33 bits per heavy atom. The molecule has 3 unspecified atom stereocenters. The summed E-state index contributed by atoms with van der Waals surface area (Å²) in [5, 5.41) is 16.9. The molecule has 124 valence electrons. The lowest BCUT2D eigenvalue weighted by Crippen LogP contribution is -2.42. The highest BCUT2D eigenvalue weighted by Crippen LogP contribution is 2.28. The Hall–Kier alpha value is -0.420. The van der Waals surface area contributed by atoms with Crippen molar-refractivity contribution >= 4 is 17.7 Å². The number of aliphatic hydroxyl groups excluding tert-OH is 1. The minimum atomic E-state index is 0.266. The first-order valence-corrected chi connectivity index (χ1v) is 9.70. The molecule has 0 aromatic carbocycles. The summed E-state index contributed by atoms with van der Waals surface area (Å²) in [7, 11) is 0. The largest absolute Gasteiger partial charge is 0.396 e. The van der Waals surface area contributed by atoms with Gasteiger partial charge >= 0.3 is 0 Å². The fourth-order valence-corrected chi connectivity index (χ4v) is 3.73. The zero-order valence-corrected chi connectivity index (χ0v) is 14.7. The molecule has 3 N–H and O–H groups in total. The fraction of sp³-hybridized carbons (Fsp3) is 0.938. The predicted molar refractivity (Wildman–Crippen MR) is 94.2 cm³/mol. The van der Waals surface area contributed by atoms with Gasteiger partial charge in [-0.2, -0.15) is 11.8 Å². The lowest BCUT2D eigenvalue weighted by molar-refractivity contribution is 0.253. The van der Waals surface area contributed by atoms with E-state index in [0.717, 1.165) is 43.6 Å². The van der Waals surface area contributed by atoms with Gasteiger partial charge in [-0.1, -0.05) is 13.3 Å². The quantitative estimate of drug-likeness (QED) is 0.452. The molecule has 4 nitrogen and oxygen atoms in total. The van der Waals surface area contributed by atoms with Crippen molar-refractivity contribution in [2.75, 3.05) is 26.0 Å². The van der Waals surface area contributed by atoms with Gasteiger partial charge in [-0.3, -0.25) is 4.99 Å². The van der Waals surface area contributed by atoms with Crippen molar-refractivity contribution in [1.82, 2.24) is 10.6 Å². The van der Waals surface area contributed by atoms with E-state index < -0.39 is 0 Å². The van der Waals surface area contributed by atoms with Crippen molar-refractivity contribution in [1.29, 1.82) is 0 Å². The molecule has 1 aliphatic rings. The summed E-state index contributed by atoms with van der Waals surface area (Å²) in [4.78, 5) is 4.74. The van der Waals surface area contributed by atoms with Crippen LogP contribution < -0.4 is 10.6 Å². The van der Waals surface area contributed by atoms with Gasteiger partial charge in [0.15, 0.2) is 5.96 Å². The van der Waals surface area contributed by atoms with Crippen molar-refractivity contribution in [3.05, 3.63) is 0 Å². The van der Waals surface area contributed by atoms with E-state index >= 15 is 0 Å². The molecule has 5 heteroatoms. The van der Waals surface area contributed by atoms with Gasteiger partial charge in [0.05, 0.1) is 0 Å². The van der Waals surface area contributed by atoms with Crippen LogP contribution in [-0.4, -0.2) is 48.3 Å². The summed E-state index contributed by atoms with van der Waals surface area (Å²) in [6, 6.07) is 0.558. The average Bonchev–Trinajstić information content (AvgIpc) is 2.93. The molecule has 0 heterocycles. The first-order chi connectivity index (χ1) is 10.2. The summed E-state index contributed by atoms with van der Waals surface area (Å²) >= 11 is 1.98. The molecule has 1 aliphatic carbocycles. The first kappa shape index (κ1) is 18.6. The van der Waals surface area contributed by atoms with Crippen molar-refractivity contribution in [2.45, 2.75) is 63.7 Å². The molecule has 3 atom stereocenters. The van der Waals surface area contributed by atoms with Crippen LogP contribution in [0.3, 0.4) is 0 Å². The third kappa shape index (κ3) is 7.41. The first-order valence-electron chi connectivity index (χ1n) is 8.41. The van der Waals surface area contributed by atoms with Gasteiger partial charge in [-0.25, -0.2) is 0 Å². The number of aliphatic imine (C=N–C) groups is 1. The molecule has 1 fully saturated rings. The van der Waals surface area contributed by atoms with Crippen LogP contribution in [0.4, 0.5) is 0 Å². The molecule has 0 aromatic heterocycles. The van der Waals surface area contributed by atoms with E-state index in [1.54, 1.807) is 0 Å². The Morgan fingerprint density at radius 2 is 2.14 bits per heavy atom. The molecule has 0 radical (unpaired) electrons. The second-order valence-electron chi connectivity index (χ2n) is 5.90. The van der Waals surface area contributed by atoms with Gasteiger partial charge in [0.25, 0.3) is 0 Å². The summed E-state index contributed by atoms with van der Waals surface area (Å²) in [6.45, 7) is 6.26. The van der Waals surface area contributed by atoms with Gasteiger partial charge in [-0.15, -0.1) is 0 Å². The second-order valence-corrected chi connectivity index (χ2v) is 7.04. The molecule has 0 spiro atoms. The average molecular weight is 316 g/mol. The van der Waals surface area contributed by atoms with Crippen LogP contribution in [0.15, 0.2) is 4.99 Å². The van der Waals surface area contributed by atoms with Gasteiger partial charge in [0.2, 0.25) is 0 Å². The molecule has 0 amide bonds. The van der Waals surface area contributed by atoms with E-state index in [2.05, 4.69) is 30.7 Å². The maximum atomic E-state index is 9.14. The highest BCUT2D eigenvalue weighted by Gasteiger charge is 2.24. The fourth-order valence-electron chi connectivity index (χ4n) is 2.94. The zero-order chi connectivity index (χ0) is 15.5. The zero-order valence-electron chi connectivity index (χ0n) is 13.9. The molecule has 0 bridgehead atoms. The van der Waals surface area contributed by atoms with E-state index in [4.69, 9.17) is 10.1 Å². The number of nitrogens with one attached hydrogen (secondary N) is 2. The minimum absolute atomic E-state index is 0.266. The van der Waals surface area contributed by atoms with E-state index in [1.807, 2.05) is 11.8 Å². The van der Waals surface area contributed by atoms with Crippen LogP contribution in [0.5, 0.6) is 0 Å². The molecule has 0 aliphatic heterocycles. The standard InChI is InChI=1S/C16H33N3OS/c1-4-6-13(9-10-20)12-18-16(17-5-2)19-14-7-8-15(11-14)21-3/h13-15,20H,4-12H2,1-3H3,(H2,17,18,19). The number of hydrogen-bond donors (Lipinski definition) is 3. The normalized spacial score (nSPS) is 24.1. The van der Waals surface area contributed by atoms with E-state index in [0.29, 0.717) is 12.0 Å². The van der Waals surface area contributed by atoms with Crippen LogP contribution in [0, 0.1) is 5.92 Å². The molecule has 1 rings (SSSR count). The summed E-state index contributed by atoms with van der Waals surface area (Å²) < 4.78 is 0. The van der Waals surface area contributed by atoms with Gasteiger partial charge < -0.3 is 15.7 Å². The highest BCUT2D eigenvalue weighted by atomic mass is 32.2. The third-order valence-corrected chi connectivity index (χ3v) is 5.24. The molecule has 0 saturated heterocycles. The number of aliphatic hydroxyl groups is 1. The Kier molecular flexibility index (Phi) is 9.92. The van der Waals surface area contributed by atoms with E-state index in [9.17, 15) is 0 Å². The highest BCUT2D eigenvalue weighted by molar-refractivity contribution is 7.99. The molecule has 0 aromatic rings. The Morgan fingerprint density at radius 3 is 2.71 bits per heavy atom. The number of rotatable bonds is 9. The number of hydrogen-bond acceptors (Lipinski definition) is 3. The minimum Gasteiger partial charge on any atom is -0.396 e. The Bertz CT molecular complexity index is 293. The van der Waals surface area contributed by atoms with Gasteiger partial charge in [0, 0.05) is 31.0 Å². The monoisotopic (exact) mass is 315 g/mol. The third-order valence-electron chi connectivity index (χ3n) is 4.14. The lowest BCUT2D eigenvalue weighted by atomic mass is 10.0. The van der Waals surface area contributed by atoms with Crippen LogP contribution in [-0.2, 0) is 0 Å². The van der Waals surface area contributed by atoms with Gasteiger partial charge in [0.1, 0.15) is 0 Å². The molecular formula is C16H33N3OS. The second kappa shape index (κ2) is 11.2. The van der Waals surface area contributed by atoms with Crippen molar-refractivity contribution in [3.8, 4) is 0 Å². The maximum absolute atomic E-state index is 9.14. The van der Waals surface area contributed by atoms with Gasteiger partial charge in [-0.05, 0) is 51.2 Å². The molecule has 21 heavy (non-hydrogen) atoms. The summed E-state index contributed by atoms with van der Waals surface area (Å²) in [6.07, 6.45) is 9.14. The van der Waals surface area contributed by atoms with E-state index in [1.165, 1.54) is 19.3 Å². The lowest BCUT2D eigenvalue weighted by Gasteiger charge is -2.19. The SMILES string of the molecule is CCCC(CCO)CN=C(NCC)NC1CCC(SC)C1. The summed E-state index contributed by atoms with van der Waals surface area (Å²) in [5.74, 6) is 1.45. The molecular weight excluding hydrogens is 282 g/mol. The Balaban J connectivity index is 2.48. The summed E-state index contributed by atoms with van der Waals surface area (Å²) in [5.41, 5.74) is 0.